The number of aromatic amines is 1. The van der Waals surface area contributed by atoms with Crippen LogP contribution in [0, 0.1) is 6.92 Å². The maximum atomic E-state index is 5.74. The van der Waals surface area contributed by atoms with Crippen LogP contribution in [0.5, 0.6) is 0 Å². The standard InChI is InChI=1S/C13H17N3/c1-8(2)11-12(16-13(14)15-11)10-7-5-4-6-9(10)3/h4-8H,1-3H3,(H3,14,15,16). The van der Waals surface area contributed by atoms with Crippen LogP contribution in [0.3, 0.4) is 0 Å². The van der Waals surface area contributed by atoms with Crippen molar-refractivity contribution in [1.82, 2.24) is 9.97 Å². The minimum atomic E-state index is 0.388. The highest BCUT2D eigenvalue weighted by molar-refractivity contribution is 5.67. The predicted octanol–water partition coefficient (Wildman–Crippen LogP) is 3.09. The first-order valence-corrected chi connectivity index (χ1v) is 5.51. The molecule has 0 unspecified atom stereocenters. The highest BCUT2D eigenvalue weighted by Gasteiger charge is 2.14. The quantitative estimate of drug-likeness (QED) is 0.808. The van der Waals surface area contributed by atoms with Gasteiger partial charge in [0.25, 0.3) is 0 Å². The largest absolute Gasteiger partial charge is 0.369 e. The number of aromatic nitrogens is 2. The number of benzene rings is 1. The molecule has 0 radical (unpaired) electrons. The van der Waals surface area contributed by atoms with Crippen molar-refractivity contribution in [3.63, 3.8) is 0 Å². The molecule has 0 aliphatic rings. The summed E-state index contributed by atoms with van der Waals surface area (Å²) in [6, 6.07) is 8.22. The highest BCUT2D eigenvalue weighted by atomic mass is 15.0. The van der Waals surface area contributed by atoms with Gasteiger partial charge in [0.2, 0.25) is 0 Å². The first kappa shape index (κ1) is 10.7. The van der Waals surface area contributed by atoms with Crippen molar-refractivity contribution in [3.05, 3.63) is 35.5 Å². The minimum absolute atomic E-state index is 0.388. The van der Waals surface area contributed by atoms with Crippen LogP contribution in [-0.4, -0.2) is 9.97 Å². The number of imidazole rings is 1. The van der Waals surface area contributed by atoms with Crippen LogP contribution in [0.25, 0.3) is 11.3 Å². The molecule has 16 heavy (non-hydrogen) atoms. The fourth-order valence-electron chi connectivity index (χ4n) is 1.87. The molecule has 0 saturated heterocycles. The lowest BCUT2D eigenvalue weighted by Crippen LogP contribution is -1.93. The van der Waals surface area contributed by atoms with Crippen LogP contribution in [0.15, 0.2) is 24.3 Å². The molecule has 3 N–H and O–H groups in total. The molecule has 1 aromatic heterocycles. The van der Waals surface area contributed by atoms with Gasteiger partial charge in [-0.25, -0.2) is 4.98 Å². The highest BCUT2D eigenvalue weighted by Crippen LogP contribution is 2.29. The summed E-state index contributed by atoms with van der Waals surface area (Å²) >= 11 is 0. The van der Waals surface area contributed by atoms with Gasteiger partial charge in [-0.15, -0.1) is 0 Å². The third-order valence-electron chi connectivity index (χ3n) is 2.73. The zero-order chi connectivity index (χ0) is 11.7. The average Bonchev–Trinajstić information content (AvgIpc) is 2.61. The molecule has 0 bridgehead atoms. The smallest absolute Gasteiger partial charge is 0.198 e. The van der Waals surface area contributed by atoms with Crippen LogP contribution in [0.1, 0.15) is 31.0 Å². The van der Waals surface area contributed by atoms with Crippen molar-refractivity contribution < 1.29 is 0 Å². The average molecular weight is 215 g/mol. The van der Waals surface area contributed by atoms with Crippen molar-refractivity contribution >= 4 is 5.95 Å². The van der Waals surface area contributed by atoms with Crippen LogP contribution in [0.2, 0.25) is 0 Å². The summed E-state index contributed by atoms with van der Waals surface area (Å²) in [5.74, 6) is 0.876. The molecular formula is C13H17N3. The summed E-state index contributed by atoms with van der Waals surface area (Å²) in [5.41, 5.74) is 10.2. The summed E-state index contributed by atoms with van der Waals surface area (Å²) in [7, 11) is 0. The molecular weight excluding hydrogens is 198 g/mol. The van der Waals surface area contributed by atoms with Gasteiger partial charge in [0.05, 0.1) is 5.69 Å². The van der Waals surface area contributed by atoms with Crippen molar-refractivity contribution in [3.8, 4) is 11.3 Å². The number of nitrogens with two attached hydrogens (primary N) is 1. The van der Waals surface area contributed by atoms with Gasteiger partial charge in [-0.3, -0.25) is 0 Å². The van der Waals surface area contributed by atoms with E-state index >= 15 is 0 Å². The van der Waals surface area contributed by atoms with Gasteiger partial charge in [0, 0.05) is 11.3 Å². The Bertz CT molecular complexity index is 498. The van der Waals surface area contributed by atoms with E-state index in [0.29, 0.717) is 11.9 Å². The third kappa shape index (κ3) is 1.81. The number of anilines is 1. The number of nitrogens with zero attached hydrogens (tertiary/aromatic N) is 1. The van der Waals surface area contributed by atoms with E-state index in [2.05, 4.69) is 42.9 Å². The molecule has 0 atom stereocenters. The Morgan fingerprint density at radius 2 is 1.94 bits per heavy atom. The summed E-state index contributed by atoms with van der Waals surface area (Å²) in [5, 5.41) is 0. The maximum Gasteiger partial charge on any atom is 0.198 e. The molecule has 1 heterocycles. The summed E-state index contributed by atoms with van der Waals surface area (Å²) in [6.45, 7) is 6.35. The molecule has 0 aliphatic carbocycles. The fourth-order valence-corrected chi connectivity index (χ4v) is 1.87. The second kappa shape index (κ2) is 4.00. The first-order valence-electron chi connectivity index (χ1n) is 5.51. The normalized spacial score (nSPS) is 11.0. The first-order chi connectivity index (χ1) is 7.59. The molecule has 2 aromatic rings. The molecule has 0 amide bonds. The number of H-pyrrole nitrogens is 1. The Hall–Kier alpha value is -1.77. The van der Waals surface area contributed by atoms with Gasteiger partial charge in [-0.1, -0.05) is 38.1 Å². The molecule has 0 saturated carbocycles. The Balaban J connectivity index is 2.60. The molecule has 3 nitrogen and oxygen atoms in total. The van der Waals surface area contributed by atoms with E-state index in [1.807, 2.05) is 12.1 Å². The molecule has 0 spiro atoms. The minimum Gasteiger partial charge on any atom is -0.369 e. The van der Waals surface area contributed by atoms with Crippen LogP contribution >= 0.6 is 0 Å². The lowest BCUT2D eigenvalue weighted by molar-refractivity contribution is 0.836. The monoisotopic (exact) mass is 215 g/mol. The molecule has 1 aromatic carbocycles. The van der Waals surface area contributed by atoms with E-state index in [4.69, 9.17) is 5.73 Å². The second-order valence-corrected chi connectivity index (χ2v) is 4.35. The Labute approximate surface area is 95.7 Å². The van der Waals surface area contributed by atoms with Crippen molar-refractivity contribution in [1.29, 1.82) is 0 Å². The fraction of sp³-hybridized carbons (Fsp3) is 0.308. The Kier molecular flexibility index (Phi) is 2.69. The SMILES string of the molecule is Cc1ccccc1-c1nc(N)[nH]c1C(C)C. The third-order valence-corrected chi connectivity index (χ3v) is 2.73. The van der Waals surface area contributed by atoms with Crippen LogP contribution in [0.4, 0.5) is 5.95 Å². The number of nitrogens with one attached hydrogen (secondary N) is 1. The molecule has 2 rings (SSSR count). The van der Waals surface area contributed by atoms with E-state index in [1.165, 1.54) is 5.56 Å². The van der Waals surface area contributed by atoms with Gasteiger partial charge >= 0.3 is 0 Å². The van der Waals surface area contributed by atoms with Gasteiger partial charge in [0.15, 0.2) is 5.95 Å². The van der Waals surface area contributed by atoms with E-state index in [1.54, 1.807) is 0 Å². The van der Waals surface area contributed by atoms with Crippen molar-refractivity contribution in [2.24, 2.45) is 0 Å². The van der Waals surface area contributed by atoms with E-state index in [0.717, 1.165) is 17.0 Å². The molecule has 0 fully saturated rings. The van der Waals surface area contributed by atoms with E-state index in [9.17, 15) is 0 Å². The lowest BCUT2D eigenvalue weighted by Gasteiger charge is -2.07. The van der Waals surface area contributed by atoms with Gasteiger partial charge < -0.3 is 10.7 Å². The zero-order valence-electron chi connectivity index (χ0n) is 9.91. The van der Waals surface area contributed by atoms with Gasteiger partial charge in [-0.05, 0) is 18.4 Å². The predicted molar refractivity (Wildman–Crippen MR) is 67.3 cm³/mol. The number of hydrogen-bond donors (Lipinski definition) is 2. The summed E-state index contributed by atoms with van der Waals surface area (Å²) in [6.07, 6.45) is 0. The number of aryl methyl sites for hydroxylation is 1. The Morgan fingerprint density at radius 3 is 2.56 bits per heavy atom. The summed E-state index contributed by atoms with van der Waals surface area (Å²) < 4.78 is 0. The van der Waals surface area contributed by atoms with E-state index in [-0.39, 0.29) is 0 Å². The number of nitrogen functional groups attached to an aromatic ring is 1. The zero-order valence-corrected chi connectivity index (χ0v) is 9.91. The number of rotatable bonds is 2. The maximum absolute atomic E-state index is 5.74. The topological polar surface area (TPSA) is 54.7 Å². The molecule has 3 heteroatoms. The van der Waals surface area contributed by atoms with E-state index < -0.39 is 0 Å². The van der Waals surface area contributed by atoms with Gasteiger partial charge in [0.1, 0.15) is 0 Å². The molecule has 0 aliphatic heterocycles. The summed E-state index contributed by atoms with van der Waals surface area (Å²) in [4.78, 5) is 7.52. The Morgan fingerprint density at radius 1 is 1.25 bits per heavy atom. The number of hydrogen-bond acceptors (Lipinski definition) is 2. The van der Waals surface area contributed by atoms with Crippen LogP contribution < -0.4 is 5.73 Å². The van der Waals surface area contributed by atoms with Crippen LogP contribution in [-0.2, 0) is 0 Å². The van der Waals surface area contributed by atoms with Gasteiger partial charge in [-0.2, -0.15) is 0 Å². The lowest BCUT2D eigenvalue weighted by atomic mass is 10.00. The molecule has 84 valence electrons. The van der Waals surface area contributed by atoms with Crippen molar-refractivity contribution in [2.75, 3.05) is 5.73 Å². The second-order valence-electron chi connectivity index (χ2n) is 4.35. The van der Waals surface area contributed by atoms with Crippen molar-refractivity contribution in [2.45, 2.75) is 26.7 Å².